The number of amides is 1. The first-order valence-corrected chi connectivity index (χ1v) is 9.22. The smallest absolute Gasteiger partial charge is 0.257 e. The van der Waals surface area contributed by atoms with Crippen LogP contribution in [0, 0.1) is 0 Å². The monoisotopic (exact) mass is 380 g/mol. The number of benzene rings is 2. The molecule has 0 bridgehead atoms. The largest absolute Gasteiger partial charge is 0.493 e. The van der Waals surface area contributed by atoms with Crippen molar-refractivity contribution >= 4 is 22.4 Å². The van der Waals surface area contributed by atoms with Crippen LogP contribution in [0.5, 0.6) is 11.5 Å². The molecule has 1 N–H and O–H groups in total. The van der Waals surface area contributed by atoms with E-state index in [0.29, 0.717) is 28.6 Å². The Kier molecular flexibility index (Phi) is 5.88. The third-order valence-electron chi connectivity index (χ3n) is 3.98. The van der Waals surface area contributed by atoms with Gasteiger partial charge in [0.15, 0.2) is 16.6 Å². The van der Waals surface area contributed by atoms with E-state index in [2.05, 4.69) is 16.9 Å². The molecule has 3 aromatic rings. The van der Waals surface area contributed by atoms with Crippen LogP contribution in [0.4, 0.5) is 5.13 Å². The number of rotatable bonds is 7. The predicted molar refractivity (Wildman–Crippen MR) is 109 cm³/mol. The van der Waals surface area contributed by atoms with E-state index in [0.717, 1.165) is 16.8 Å². The first-order chi connectivity index (χ1) is 13.2. The Morgan fingerprint density at radius 3 is 2.67 bits per heavy atom. The first kappa shape index (κ1) is 18.7. The number of thiazole rings is 1. The van der Waals surface area contributed by atoms with Gasteiger partial charge >= 0.3 is 0 Å². The second-order valence-electron chi connectivity index (χ2n) is 5.72. The van der Waals surface area contributed by atoms with Crippen molar-refractivity contribution in [2.45, 2.75) is 6.42 Å². The highest BCUT2D eigenvalue weighted by Crippen LogP contribution is 2.33. The number of hydrogen-bond acceptors (Lipinski definition) is 5. The van der Waals surface area contributed by atoms with Gasteiger partial charge in [0.25, 0.3) is 5.91 Å². The SMILES string of the molecule is C=CCc1cc(C(=O)Nc2nc(-c3ccccc3)cs2)cc(OC)c1OC. The Hall–Kier alpha value is -3.12. The van der Waals surface area contributed by atoms with E-state index >= 15 is 0 Å². The van der Waals surface area contributed by atoms with E-state index in [-0.39, 0.29) is 5.91 Å². The normalized spacial score (nSPS) is 10.3. The molecule has 0 unspecified atom stereocenters. The van der Waals surface area contributed by atoms with Crippen molar-refractivity contribution in [1.82, 2.24) is 4.98 Å². The number of anilines is 1. The second-order valence-corrected chi connectivity index (χ2v) is 6.58. The van der Waals surface area contributed by atoms with Crippen LogP contribution in [0.25, 0.3) is 11.3 Å². The molecule has 6 heteroatoms. The fourth-order valence-electron chi connectivity index (χ4n) is 2.72. The number of aromatic nitrogens is 1. The van der Waals surface area contributed by atoms with Gasteiger partial charge < -0.3 is 9.47 Å². The molecule has 3 rings (SSSR count). The molecule has 0 saturated heterocycles. The van der Waals surface area contributed by atoms with Gasteiger partial charge in [0, 0.05) is 22.1 Å². The number of allylic oxidation sites excluding steroid dienone is 1. The molecular formula is C21H20N2O3S. The van der Waals surface area contributed by atoms with E-state index in [1.54, 1.807) is 32.4 Å². The standard InChI is InChI=1S/C21H20N2O3S/c1-4-8-15-11-16(12-18(25-2)19(15)26-3)20(24)23-21-22-17(13-27-21)14-9-6-5-7-10-14/h4-7,9-13H,1,8H2,2-3H3,(H,22,23,24). The van der Waals surface area contributed by atoms with Crippen molar-refractivity contribution in [3.8, 4) is 22.8 Å². The van der Waals surface area contributed by atoms with Crippen LogP contribution in [0.2, 0.25) is 0 Å². The average Bonchev–Trinajstić information content (AvgIpc) is 3.16. The van der Waals surface area contributed by atoms with Gasteiger partial charge in [-0.2, -0.15) is 0 Å². The summed E-state index contributed by atoms with van der Waals surface area (Å²) in [5.41, 5.74) is 3.14. The molecule has 0 aliphatic heterocycles. The zero-order valence-electron chi connectivity index (χ0n) is 15.2. The van der Waals surface area contributed by atoms with Gasteiger partial charge in [-0.25, -0.2) is 4.98 Å². The zero-order chi connectivity index (χ0) is 19.2. The molecular weight excluding hydrogens is 360 g/mol. The Morgan fingerprint density at radius 2 is 2.00 bits per heavy atom. The van der Waals surface area contributed by atoms with Crippen molar-refractivity contribution < 1.29 is 14.3 Å². The maximum Gasteiger partial charge on any atom is 0.257 e. The summed E-state index contributed by atoms with van der Waals surface area (Å²) in [5.74, 6) is 0.857. The minimum atomic E-state index is -0.254. The molecule has 0 saturated carbocycles. The summed E-state index contributed by atoms with van der Waals surface area (Å²) in [6, 6.07) is 13.3. The van der Waals surface area contributed by atoms with Crippen LogP contribution in [0.3, 0.4) is 0 Å². The van der Waals surface area contributed by atoms with Crippen LogP contribution in [-0.4, -0.2) is 25.1 Å². The van der Waals surface area contributed by atoms with Crippen LogP contribution in [0.1, 0.15) is 15.9 Å². The van der Waals surface area contributed by atoms with Crippen molar-refractivity contribution in [2.75, 3.05) is 19.5 Å². The van der Waals surface area contributed by atoms with E-state index in [1.807, 2.05) is 35.7 Å². The van der Waals surface area contributed by atoms with Crippen molar-refractivity contribution in [2.24, 2.45) is 0 Å². The van der Waals surface area contributed by atoms with Gasteiger partial charge in [-0.15, -0.1) is 17.9 Å². The Balaban J connectivity index is 1.85. The quantitative estimate of drug-likeness (QED) is 0.598. The fraction of sp³-hybridized carbons (Fsp3) is 0.143. The molecule has 2 aromatic carbocycles. The molecule has 0 fully saturated rings. The summed E-state index contributed by atoms with van der Waals surface area (Å²) >= 11 is 1.38. The highest BCUT2D eigenvalue weighted by molar-refractivity contribution is 7.14. The Bertz CT molecular complexity index is 951. The van der Waals surface area contributed by atoms with E-state index in [1.165, 1.54) is 11.3 Å². The highest BCUT2D eigenvalue weighted by Gasteiger charge is 2.17. The third kappa shape index (κ3) is 4.17. The minimum Gasteiger partial charge on any atom is -0.493 e. The molecule has 1 aromatic heterocycles. The number of ether oxygens (including phenoxy) is 2. The molecule has 1 amide bonds. The molecule has 138 valence electrons. The summed E-state index contributed by atoms with van der Waals surface area (Å²) < 4.78 is 10.8. The van der Waals surface area contributed by atoms with Gasteiger partial charge in [0.05, 0.1) is 19.9 Å². The highest BCUT2D eigenvalue weighted by atomic mass is 32.1. The molecule has 5 nitrogen and oxygen atoms in total. The number of methoxy groups -OCH3 is 2. The van der Waals surface area contributed by atoms with Gasteiger partial charge in [0.2, 0.25) is 0 Å². The Morgan fingerprint density at radius 1 is 1.22 bits per heavy atom. The van der Waals surface area contributed by atoms with Gasteiger partial charge in [0.1, 0.15) is 0 Å². The summed E-state index contributed by atoms with van der Waals surface area (Å²) in [5, 5.41) is 5.31. The number of carbonyl (C=O) groups is 1. The summed E-state index contributed by atoms with van der Waals surface area (Å²) in [6.07, 6.45) is 2.32. The summed E-state index contributed by atoms with van der Waals surface area (Å²) in [7, 11) is 3.12. The van der Waals surface area contributed by atoms with Crippen molar-refractivity contribution in [3.63, 3.8) is 0 Å². The maximum atomic E-state index is 12.7. The van der Waals surface area contributed by atoms with Gasteiger partial charge in [-0.1, -0.05) is 36.4 Å². The minimum absolute atomic E-state index is 0.254. The molecule has 1 heterocycles. The number of nitrogens with one attached hydrogen (secondary N) is 1. The topological polar surface area (TPSA) is 60.5 Å². The van der Waals surface area contributed by atoms with Crippen LogP contribution < -0.4 is 14.8 Å². The zero-order valence-corrected chi connectivity index (χ0v) is 16.0. The lowest BCUT2D eigenvalue weighted by Gasteiger charge is -2.14. The maximum absolute atomic E-state index is 12.7. The fourth-order valence-corrected chi connectivity index (χ4v) is 3.44. The molecule has 0 aliphatic rings. The summed E-state index contributed by atoms with van der Waals surface area (Å²) in [6.45, 7) is 3.76. The average molecular weight is 380 g/mol. The first-order valence-electron chi connectivity index (χ1n) is 8.34. The number of nitrogens with zero attached hydrogens (tertiary/aromatic N) is 1. The molecule has 0 atom stereocenters. The second kappa shape index (κ2) is 8.51. The van der Waals surface area contributed by atoms with Crippen LogP contribution >= 0.6 is 11.3 Å². The lowest BCUT2D eigenvalue weighted by atomic mass is 10.1. The van der Waals surface area contributed by atoms with Crippen molar-refractivity contribution in [1.29, 1.82) is 0 Å². The molecule has 0 radical (unpaired) electrons. The van der Waals surface area contributed by atoms with Crippen molar-refractivity contribution in [3.05, 3.63) is 71.6 Å². The summed E-state index contributed by atoms with van der Waals surface area (Å²) in [4.78, 5) is 17.2. The lowest BCUT2D eigenvalue weighted by Crippen LogP contribution is -2.13. The van der Waals surface area contributed by atoms with Gasteiger partial charge in [-0.05, 0) is 18.6 Å². The number of carbonyl (C=O) groups excluding carboxylic acids is 1. The predicted octanol–water partition coefficient (Wildman–Crippen LogP) is 4.81. The molecule has 27 heavy (non-hydrogen) atoms. The van der Waals surface area contributed by atoms with E-state index < -0.39 is 0 Å². The molecule has 0 aliphatic carbocycles. The van der Waals surface area contributed by atoms with Crippen LogP contribution in [0.15, 0.2) is 60.5 Å². The third-order valence-corrected chi connectivity index (χ3v) is 4.73. The van der Waals surface area contributed by atoms with E-state index in [9.17, 15) is 4.79 Å². The molecule has 0 spiro atoms. The number of hydrogen-bond donors (Lipinski definition) is 1. The van der Waals surface area contributed by atoms with Crippen LogP contribution in [-0.2, 0) is 6.42 Å². The lowest BCUT2D eigenvalue weighted by molar-refractivity contribution is 0.102. The Labute approximate surface area is 162 Å². The van der Waals surface area contributed by atoms with Gasteiger partial charge in [-0.3, -0.25) is 10.1 Å². The van der Waals surface area contributed by atoms with E-state index in [4.69, 9.17) is 9.47 Å².